The lowest BCUT2D eigenvalue weighted by molar-refractivity contribution is -0.141. The van der Waals surface area contributed by atoms with E-state index >= 15 is 0 Å². The number of aromatic amines is 1. The van der Waals surface area contributed by atoms with Gasteiger partial charge in [-0.05, 0) is 26.8 Å². The molecule has 25 heavy (non-hydrogen) atoms. The maximum Gasteiger partial charge on any atom is 0.326 e. The molecule has 0 aliphatic heterocycles. The van der Waals surface area contributed by atoms with Crippen molar-refractivity contribution < 1.29 is 19.5 Å². The molecular weight excluding hydrogens is 326 g/mol. The second-order valence-electron chi connectivity index (χ2n) is 5.85. The Hall–Kier alpha value is -2.97. The van der Waals surface area contributed by atoms with Crippen LogP contribution in [-0.4, -0.2) is 62.1 Å². The van der Waals surface area contributed by atoms with Gasteiger partial charge >= 0.3 is 5.97 Å². The van der Waals surface area contributed by atoms with E-state index in [0.717, 1.165) is 0 Å². The fraction of sp³-hybridized carbons (Fsp3) is 0.438. The number of carboxylic acid groups (broad SMARTS) is 1. The van der Waals surface area contributed by atoms with Gasteiger partial charge in [0.05, 0.1) is 10.9 Å². The molecule has 0 aliphatic carbocycles. The molecule has 134 valence electrons. The third-order valence-corrected chi connectivity index (χ3v) is 3.88. The van der Waals surface area contributed by atoms with Gasteiger partial charge in [0.1, 0.15) is 6.04 Å². The number of amides is 2. The van der Waals surface area contributed by atoms with Crippen molar-refractivity contribution >= 4 is 28.8 Å². The van der Waals surface area contributed by atoms with Crippen LogP contribution >= 0.6 is 0 Å². The van der Waals surface area contributed by atoms with Crippen molar-refractivity contribution in [3.05, 3.63) is 23.0 Å². The first-order chi connectivity index (χ1) is 11.7. The SMILES string of the molecule is CC(=O)NCCN(C(=O)c1cc(C)nc2n[nH]c(C)c12)C(C)C(=O)O. The summed E-state index contributed by atoms with van der Waals surface area (Å²) in [6.07, 6.45) is 0. The molecule has 9 nitrogen and oxygen atoms in total. The highest BCUT2D eigenvalue weighted by Crippen LogP contribution is 2.22. The summed E-state index contributed by atoms with van der Waals surface area (Å²) in [5.41, 5.74) is 2.03. The molecular formula is C16H21N5O4. The Morgan fingerprint density at radius 1 is 1.36 bits per heavy atom. The lowest BCUT2D eigenvalue weighted by Crippen LogP contribution is -2.46. The predicted molar refractivity (Wildman–Crippen MR) is 90.2 cm³/mol. The average Bonchev–Trinajstić information content (AvgIpc) is 2.90. The number of H-pyrrole nitrogens is 1. The first kappa shape index (κ1) is 18.4. The number of nitrogens with zero attached hydrogens (tertiary/aromatic N) is 3. The molecule has 1 atom stereocenters. The minimum absolute atomic E-state index is 0.0750. The fourth-order valence-electron chi connectivity index (χ4n) is 2.58. The standard InChI is InChI=1S/C16H21N5O4/c1-8-7-12(13-9(2)19-20-14(13)18-8)15(23)21(10(3)16(24)25)6-5-17-11(4)22/h7,10H,5-6H2,1-4H3,(H,17,22)(H,24,25)(H,18,19,20). The molecule has 2 aromatic heterocycles. The normalized spacial score (nSPS) is 12.0. The van der Waals surface area contributed by atoms with E-state index in [9.17, 15) is 19.5 Å². The molecule has 9 heteroatoms. The van der Waals surface area contributed by atoms with Gasteiger partial charge < -0.3 is 15.3 Å². The molecule has 0 fully saturated rings. The van der Waals surface area contributed by atoms with Gasteiger partial charge in [0.15, 0.2) is 5.65 Å². The van der Waals surface area contributed by atoms with Crippen LogP contribution < -0.4 is 5.32 Å². The van der Waals surface area contributed by atoms with Gasteiger partial charge in [-0.15, -0.1) is 0 Å². The van der Waals surface area contributed by atoms with Gasteiger partial charge in [0, 0.05) is 31.4 Å². The molecule has 0 saturated carbocycles. The zero-order valence-corrected chi connectivity index (χ0v) is 14.6. The van der Waals surface area contributed by atoms with Crippen molar-refractivity contribution in [1.29, 1.82) is 0 Å². The van der Waals surface area contributed by atoms with Crippen LogP contribution in [0.4, 0.5) is 0 Å². The van der Waals surface area contributed by atoms with Crippen molar-refractivity contribution in [2.45, 2.75) is 33.7 Å². The summed E-state index contributed by atoms with van der Waals surface area (Å²) < 4.78 is 0. The second kappa shape index (κ2) is 7.29. The van der Waals surface area contributed by atoms with E-state index in [2.05, 4.69) is 20.5 Å². The molecule has 2 amide bonds. The number of carboxylic acids is 1. The van der Waals surface area contributed by atoms with Crippen LogP contribution in [0.2, 0.25) is 0 Å². The highest BCUT2D eigenvalue weighted by atomic mass is 16.4. The van der Waals surface area contributed by atoms with Crippen LogP contribution in [0, 0.1) is 13.8 Å². The number of rotatable bonds is 6. The Morgan fingerprint density at radius 2 is 2.04 bits per heavy atom. The van der Waals surface area contributed by atoms with Crippen molar-refractivity contribution in [2.75, 3.05) is 13.1 Å². The molecule has 0 radical (unpaired) electrons. The van der Waals surface area contributed by atoms with Gasteiger partial charge in [-0.1, -0.05) is 0 Å². The fourth-order valence-corrected chi connectivity index (χ4v) is 2.58. The number of nitrogens with one attached hydrogen (secondary N) is 2. The van der Waals surface area contributed by atoms with E-state index in [1.165, 1.54) is 18.7 Å². The smallest absolute Gasteiger partial charge is 0.326 e. The van der Waals surface area contributed by atoms with Gasteiger partial charge in [0.2, 0.25) is 5.91 Å². The van der Waals surface area contributed by atoms with Crippen molar-refractivity contribution in [1.82, 2.24) is 25.4 Å². The number of carbonyl (C=O) groups is 3. The number of hydrogen-bond donors (Lipinski definition) is 3. The number of aryl methyl sites for hydroxylation is 2. The van der Waals surface area contributed by atoms with Crippen LogP contribution in [-0.2, 0) is 9.59 Å². The summed E-state index contributed by atoms with van der Waals surface area (Å²) in [7, 11) is 0. The van der Waals surface area contributed by atoms with Crippen LogP contribution in [0.15, 0.2) is 6.07 Å². The van der Waals surface area contributed by atoms with Gasteiger partial charge in [-0.2, -0.15) is 5.10 Å². The lowest BCUT2D eigenvalue weighted by atomic mass is 10.1. The quantitative estimate of drug-likeness (QED) is 0.703. The summed E-state index contributed by atoms with van der Waals surface area (Å²) >= 11 is 0. The van der Waals surface area contributed by atoms with E-state index in [1.54, 1.807) is 19.9 Å². The van der Waals surface area contributed by atoms with Crippen molar-refractivity contribution in [3.63, 3.8) is 0 Å². The Bertz CT molecular complexity index is 829. The monoisotopic (exact) mass is 347 g/mol. The van der Waals surface area contributed by atoms with Crippen molar-refractivity contribution in [2.24, 2.45) is 0 Å². The second-order valence-corrected chi connectivity index (χ2v) is 5.85. The molecule has 0 saturated heterocycles. The van der Waals surface area contributed by atoms with Crippen LogP contribution in [0.3, 0.4) is 0 Å². The third-order valence-electron chi connectivity index (χ3n) is 3.88. The van der Waals surface area contributed by atoms with Gasteiger partial charge in [-0.3, -0.25) is 14.7 Å². The maximum atomic E-state index is 13.1. The van der Waals surface area contributed by atoms with E-state index in [1.807, 2.05) is 0 Å². The highest BCUT2D eigenvalue weighted by molar-refractivity contribution is 6.07. The van der Waals surface area contributed by atoms with E-state index in [0.29, 0.717) is 28.0 Å². The average molecular weight is 347 g/mol. The Kier molecular flexibility index (Phi) is 5.35. The number of aromatic nitrogens is 3. The Labute approximate surface area is 144 Å². The van der Waals surface area contributed by atoms with E-state index < -0.39 is 17.9 Å². The number of pyridine rings is 1. The summed E-state index contributed by atoms with van der Waals surface area (Å²) in [6, 6.07) is 0.574. The molecule has 2 rings (SSSR count). The molecule has 1 unspecified atom stereocenters. The van der Waals surface area contributed by atoms with E-state index in [-0.39, 0.29) is 19.0 Å². The molecule has 0 aromatic carbocycles. The minimum Gasteiger partial charge on any atom is -0.480 e. The lowest BCUT2D eigenvalue weighted by Gasteiger charge is -2.27. The topological polar surface area (TPSA) is 128 Å². The molecule has 2 heterocycles. The minimum atomic E-state index is -1.12. The molecule has 2 aromatic rings. The summed E-state index contributed by atoms with van der Waals surface area (Å²) in [5, 5.41) is 19.3. The summed E-state index contributed by atoms with van der Waals surface area (Å²) in [4.78, 5) is 41.0. The van der Waals surface area contributed by atoms with Gasteiger partial charge in [0.25, 0.3) is 5.91 Å². The molecule has 0 aliphatic rings. The number of fused-ring (bicyclic) bond motifs is 1. The van der Waals surface area contributed by atoms with Gasteiger partial charge in [-0.25, -0.2) is 9.78 Å². The number of carbonyl (C=O) groups excluding carboxylic acids is 2. The van der Waals surface area contributed by atoms with E-state index in [4.69, 9.17) is 0 Å². The molecule has 0 spiro atoms. The van der Waals surface area contributed by atoms with Crippen LogP contribution in [0.1, 0.15) is 35.6 Å². The molecule has 3 N–H and O–H groups in total. The Balaban J connectivity index is 2.43. The predicted octanol–water partition coefficient (Wildman–Crippen LogP) is 0.626. The molecule has 0 bridgehead atoms. The largest absolute Gasteiger partial charge is 0.480 e. The third kappa shape index (κ3) is 3.93. The number of hydrogen-bond acceptors (Lipinski definition) is 5. The van der Waals surface area contributed by atoms with Crippen LogP contribution in [0.25, 0.3) is 11.0 Å². The first-order valence-electron chi connectivity index (χ1n) is 7.83. The summed E-state index contributed by atoms with van der Waals surface area (Å²) in [6.45, 7) is 6.54. The maximum absolute atomic E-state index is 13.1. The highest BCUT2D eigenvalue weighted by Gasteiger charge is 2.28. The van der Waals surface area contributed by atoms with Crippen LogP contribution in [0.5, 0.6) is 0 Å². The number of aliphatic carboxylic acids is 1. The summed E-state index contributed by atoms with van der Waals surface area (Å²) in [5.74, 6) is -1.81. The van der Waals surface area contributed by atoms with Crippen molar-refractivity contribution in [3.8, 4) is 0 Å². The zero-order chi connectivity index (χ0) is 18.7. The zero-order valence-electron chi connectivity index (χ0n) is 14.6. The Morgan fingerprint density at radius 3 is 2.64 bits per heavy atom. The first-order valence-corrected chi connectivity index (χ1v) is 7.83.